The lowest BCUT2D eigenvalue weighted by Crippen LogP contribution is -2.41. The van der Waals surface area contributed by atoms with Crippen molar-refractivity contribution in [1.29, 1.82) is 0 Å². The fourth-order valence-electron chi connectivity index (χ4n) is 2.44. The van der Waals surface area contributed by atoms with E-state index in [9.17, 15) is 4.79 Å². The number of morpholine rings is 1. The molecule has 1 heterocycles. The molecule has 2 rings (SSSR count). The van der Waals surface area contributed by atoms with Gasteiger partial charge in [0.1, 0.15) is 5.75 Å². The summed E-state index contributed by atoms with van der Waals surface area (Å²) in [6.45, 7) is 7.90. The van der Waals surface area contributed by atoms with Crippen molar-refractivity contribution in [2.24, 2.45) is 5.92 Å². The minimum Gasteiger partial charge on any atom is -0.493 e. The third-order valence-corrected chi connectivity index (χ3v) is 3.66. The van der Waals surface area contributed by atoms with E-state index in [0.29, 0.717) is 25.5 Å². The predicted octanol–water partition coefficient (Wildman–Crippen LogP) is 1.54. The molecule has 1 aromatic rings. The second kappa shape index (κ2) is 9.43. The van der Waals surface area contributed by atoms with E-state index in [4.69, 9.17) is 9.47 Å². The van der Waals surface area contributed by atoms with E-state index in [1.54, 1.807) is 0 Å². The highest BCUT2D eigenvalue weighted by atomic mass is 16.5. The van der Waals surface area contributed by atoms with Crippen molar-refractivity contribution in [3.63, 3.8) is 0 Å². The van der Waals surface area contributed by atoms with Crippen LogP contribution in [0.5, 0.6) is 5.75 Å². The summed E-state index contributed by atoms with van der Waals surface area (Å²) in [5, 5.41) is 2.98. The highest BCUT2D eigenvalue weighted by molar-refractivity contribution is 5.75. The van der Waals surface area contributed by atoms with Crippen LogP contribution in [0.3, 0.4) is 0 Å². The summed E-state index contributed by atoms with van der Waals surface area (Å²) in [6.07, 6.45) is 0.388. The summed E-state index contributed by atoms with van der Waals surface area (Å²) in [5.74, 6) is 1.29. The zero-order valence-electron chi connectivity index (χ0n) is 13.3. The molecule has 1 aromatic carbocycles. The third-order valence-electron chi connectivity index (χ3n) is 3.66. The van der Waals surface area contributed by atoms with Gasteiger partial charge < -0.3 is 14.8 Å². The van der Waals surface area contributed by atoms with Gasteiger partial charge in [-0.25, -0.2) is 0 Å². The van der Waals surface area contributed by atoms with Gasteiger partial charge in [-0.15, -0.1) is 0 Å². The monoisotopic (exact) mass is 306 g/mol. The maximum Gasteiger partial charge on any atom is 0.223 e. The zero-order chi connectivity index (χ0) is 15.6. The number of amides is 1. The summed E-state index contributed by atoms with van der Waals surface area (Å²) in [7, 11) is 0. The van der Waals surface area contributed by atoms with Gasteiger partial charge in [0.25, 0.3) is 0 Å². The molecule has 1 atom stereocenters. The Kier molecular flexibility index (Phi) is 7.19. The normalized spacial score (nSPS) is 17.0. The van der Waals surface area contributed by atoms with E-state index in [1.807, 2.05) is 30.3 Å². The Labute approximate surface area is 132 Å². The number of para-hydroxylation sites is 1. The first kappa shape index (κ1) is 16.8. The van der Waals surface area contributed by atoms with Crippen molar-refractivity contribution in [3.8, 4) is 5.75 Å². The van der Waals surface area contributed by atoms with Gasteiger partial charge in [-0.2, -0.15) is 0 Å². The third kappa shape index (κ3) is 6.45. The van der Waals surface area contributed by atoms with E-state index >= 15 is 0 Å². The highest BCUT2D eigenvalue weighted by Gasteiger charge is 2.14. The van der Waals surface area contributed by atoms with Gasteiger partial charge in [-0.05, 0) is 18.1 Å². The molecule has 1 fully saturated rings. The smallest absolute Gasteiger partial charge is 0.223 e. The highest BCUT2D eigenvalue weighted by Crippen LogP contribution is 2.08. The van der Waals surface area contributed by atoms with Gasteiger partial charge in [-0.3, -0.25) is 9.69 Å². The molecule has 1 unspecified atom stereocenters. The minimum absolute atomic E-state index is 0.0461. The van der Waals surface area contributed by atoms with Crippen LogP contribution in [0.15, 0.2) is 30.3 Å². The number of nitrogens with zero attached hydrogens (tertiary/aromatic N) is 1. The minimum atomic E-state index is 0.0461. The van der Waals surface area contributed by atoms with E-state index in [1.165, 1.54) is 0 Å². The van der Waals surface area contributed by atoms with Crippen molar-refractivity contribution in [3.05, 3.63) is 30.3 Å². The van der Waals surface area contributed by atoms with Crippen LogP contribution in [-0.2, 0) is 9.53 Å². The van der Waals surface area contributed by atoms with Crippen LogP contribution in [0.4, 0.5) is 0 Å². The van der Waals surface area contributed by atoms with Gasteiger partial charge in [0.15, 0.2) is 0 Å². The molecule has 5 heteroatoms. The molecule has 0 spiro atoms. The van der Waals surface area contributed by atoms with Crippen LogP contribution >= 0.6 is 0 Å². The number of rotatable bonds is 8. The molecule has 1 aliphatic heterocycles. The Morgan fingerprint density at radius 3 is 2.77 bits per heavy atom. The Balaban J connectivity index is 1.54. The molecular weight excluding hydrogens is 280 g/mol. The topological polar surface area (TPSA) is 50.8 Å². The van der Waals surface area contributed by atoms with Crippen LogP contribution in [0.2, 0.25) is 0 Å². The number of ether oxygens (including phenoxy) is 2. The maximum absolute atomic E-state index is 11.8. The predicted molar refractivity (Wildman–Crippen MR) is 86.0 cm³/mol. The number of benzene rings is 1. The van der Waals surface area contributed by atoms with Crippen LogP contribution in [0.1, 0.15) is 13.3 Å². The van der Waals surface area contributed by atoms with Crippen LogP contribution in [0, 0.1) is 5.92 Å². The van der Waals surface area contributed by atoms with Gasteiger partial charge in [-0.1, -0.05) is 25.1 Å². The average molecular weight is 306 g/mol. The maximum atomic E-state index is 11.8. The molecule has 0 radical (unpaired) electrons. The molecule has 0 aromatic heterocycles. The van der Waals surface area contributed by atoms with E-state index in [0.717, 1.165) is 38.6 Å². The van der Waals surface area contributed by atoms with Crippen molar-refractivity contribution >= 4 is 5.91 Å². The second-order valence-electron chi connectivity index (χ2n) is 5.73. The van der Waals surface area contributed by atoms with Crippen molar-refractivity contribution in [1.82, 2.24) is 10.2 Å². The number of hydrogen-bond acceptors (Lipinski definition) is 4. The summed E-state index contributed by atoms with van der Waals surface area (Å²) in [4.78, 5) is 14.2. The summed E-state index contributed by atoms with van der Waals surface area (Å²) < 4.78 is 10.9. The molecule has 5 nitrogen and oxygen atoms in total. The fourth-order valence-corrected chi connectivity index (χ4v) is 2.44. The second-order valence-corrected chi connectivity index (χ2v) is 5.73. The van der Waals surface area contributed by atoms with Gasteiger partial charge >= 0.3 is 0 Å². The quantitative estimate of drug-likeness (QED) is 0.791. The van der Waals surface area contributed by atoms with Gasteiger partial charge in [0, 0.05) is 26.2 Å². The van der Waals surface area contributed by atoms with Gasteiger partial charge in [0.05, 0.1) is 26.2 Å². The lowest BCUT2D eigenvalue weighted by Gasteiger charge is -2.29. The van der Waals surface area contributed by atoms with Crippen LogP contribution in [-0.4, -0.2) is 56.8 Å². The molecule has 0 bridgehead atoms. The summed E-state index contributed by atoms with van der Waals surface area (Å²) in [6, 6.07) is 9.56. The summed E-state index contributed by atoms with van der Waals surface area (Å²) >= 11 is 0. The van der Waals surface area contributed by atoms with Crippen molar-refractivity contribution in [2.45, 2.75) is 13.3 Å². The van der Waals surface area contributed by atoms with Crippen molar-refractivity contribution in [2.75, 3.05) is 46.0 Å². The average Bonchev–Trinajstić information content (AvgIpc) is 2.55. The number of hydrogen-bond donors (Lipinski definition) is 1. The molecule has 0 aliphatic carbocycles. The molecule has 122 valence electrons. The Hall–Kier alpha value is -1.59. The van der Waals surface area contributed by atoms with E-state index in [2.05, 4.69) is 17.1 Å². The molecule has 0 saturated carbocycles. The SMILES string of the molecule is CC(CNC(=O)CCOc1ccccc1)CN1CCOCC1. The van der Waals surface area contributed by atoms with Crippen LogP contribution < -0.4 is 10.1 Å². The Bertz CT molecular complexity index is 433. The molecule has 22 heavy (non-hydrogen) atoms. The first-order valence-electron chi connectivity index (χ1n) is 7.98. The van der Waals surface area contributed by atoms with E-state index in [-0.39, 0.29) is 5.91 Å². The molecular formula is C17H26N2O3. The van der Waals surface area contributed by atoms with Gasteiger partial charge in [0.2, 0.25) is 5.91 Å². The first-order valence-corrected chi connectivity index (χ1v) is 7.98. The Morgan fingerprint density at radius 1 is 1.32 bits per heavy atom. The van der Waals surface area contributed by atoms with Crippen LogP contribution in [0.25, 0.3) is 0 Å². The molecule has 1 saturated heterocycles. The molecule has 1 aliphatic rings. The zero-order valence-corrected chi connectivity index (χ0v) is 13.3. The lowest BCUT2D eigenvalue weighted by molar-refractivity contribution is -0.121. The lowest BCUT2D eigenvalue weighted by atomic mass is 10.1. The van der Waals surface area contributed by atoms with E-state index < -0.39 is 0 Å². The number of carbonyl (C=O) groups excluding carboxylic acids is 1. The number of nitrogens with one attached hydrogen (secondary N) is 1. The number of carbonyl (C=O) groups is 1. The molecule has 1 amide bonds. The van der Waals surface area contributed by atoms with Crippen molar-refractivity contribution < 1.29 is 14.3 Å². The first-order chi connectivity index (χ1) is 10.7. The summed E-state index contributed by atoms with van der Waals surface area (Å²) in [5.41, 5.74) is 0. The Morgan fingerprint density at radius 2 is 2.05 bits per heavy atom. The molecule has 1 N–H and O–H groups in total. The standard InChI is InChI=1S/C17H26N2O3/c1-15(14-19-8-11-21-12-9-19)13-18-17(20)7-10-22-16-5-3-2-4-6-16/h2-6,15H,7-14H2,1H3,(H,18,20). The fraction of sp³-hybridized carbons (Fsp3) is 0.588. The largest absolute Gasteiger partial charge is 0.493 e.